The first-order valence-corrected chi connectivity index (χ1v) is 9.58. The molecule has 1 amide bonds. The molecule has 2 atom stereocenters. The minimum Gasteiger partial charge on any atom is -0.460 e. The van der Waals surface area contributed by atoms with Crippen LogP contribution in [0.3, 0.4) is 0 Å². The molecule has 6 nitrogen and oxygen atoms in total. The Labute approximate surface area is 170 Å². The minimum absolute atomic E-state index is 0.0153. The second-order valence-corrected chi connectivity index (χ2v) is 7.69. The zero-order valence-electron chi connectivity index (χ0n) is 16.8. The van der Waals surface area contributed by atoms with Crippen LogP contribution in [-0.2, 0) is 14.3 Å². The third kappa shape index (κ3) is 4.71. The van der Waals surface area contributed by atoms with Gasteiger partial charge in [0.2, 0.25) is 0 Å². The number of hydrogen-bond acceptors (Lipinski definition) is 5. The zero-order chi connectivity index (χ0) is 21.0. The number of nitrogens with zero attached hydrogens (tertiary/aromatic N) is 1. The van der Waals surface area contributed by atoms with Gasteiger partial charge in [0.25, 0.3) is 5.91 Å². The van der Waals surface area contributed by atoms with E-state index in [1.807, 2.05) is 12.1 Å². The van der Waals surface area contributed by atoms with Gasteiger partial charge in [-0.1, -0.05) is 48.5 Å². The van der Waals surface area contributed by atoms with Crippen LogP contribution in [0, 0.1) is 0 Å². The molecule has 0 N–H and O–H groups in total. The van der Waals surface area contributed by atoms with Crippen molar-refractivity contribution in [2.24, 2.45) is 0 Å². The van der Waals surface area contributed by atoms with Crippen molar-refractivity contribution in [1.82, 2.24) is 4.90 Å². The van der Waals surface area contributed by atoms with Gasteiger partial charge in [-0.3, -0.25) is 9.59 Å². The molecule has 0 radical (unpaired) electrons. The molecule has 3 rings (SSSR count). The van der Waals surface area contributed by atoms with Crippen LogP contribution in [-0.4, -0.2) is 47.0 Å². The van der Waals surface area contributed by atoms with E-state index in [2.05, 4.69) is 0 Å². The fraction of sp³-hybridized carbons (Fsp3) is 0.348. The van der Waals surface area contributed by atoms with Gasteiger partial charge in [-0.25, -0.2) is 4.79 Å². The first kappa shape index (κ1) is 20.7. The largest absolute Gasteiger partial charge is 0.460 e. The maximum Gasteiger partial charge on any atom is 0.338 e. The lowest BCUT2D eigenvalue weighted by Crippen LogP contribution is -2.53. The van der Waals surface area contributed by atoms with Gasteiger partial charge in [-0.15, -0.1) is 0 Å². The van der Waals surface area contributed by atoms with Crippen molar-refractivity contribution in [3.8, 4) is 0 Å². The van der Waals surface area contributed by atoms with E-state index in [1.165, 1.54) is 4.90 Å². The Morgan fingerprint density at radius 3 is 2.14 bits per heavy atom. The number of amides is 1. The topological polar surface area (TPSA) is 72.9 Å². The third-order valence-corrected chi connectivity index (χ3v) is 4.91. The summed E-state index contributed by atoms with van der Waals surface area (Å²) in [5.41, 5.74) is 0.168. The molecule has 1 fully saturated rings. The molecule has 1 aliphatic heterocycles. The first-order valence-electron chi connectivity index (χ1n) is 9.58. The number of rotatable bonds is 7. The Kier molecular flexibility index (Phi) is 6.13. The number of Topliss-reactive ketones (excluding diaryl/α,β-unsaturated/α-hetero) is 1. The number of ether oxygens (including phenoxy) is 2. The second kappa shape index (κ2) is 8.57. The number of ketones is 1. The van der Waals surface area contributed by atoms with Gasteiger partial charge in [0.1, 0.15) is 18.9 Å². The Bertz CT molecular complexity index is 879. The van der Waals surface area contributed by atoms with Crippen molar-refractivity contribution < 1.29 is 23.9 Å². The predicted octanol–water partition coefficient (Wildman–Crippen LogP) is 3.47. The minimum atomic E-state index is -0.839. The van der Waals surface area contributed by atoms with Crippen molar-refractivity contribution in [3.05, 3.63) is 71.8 Å². The fourth-order valence-electron chi connectivity index (χ4n) is 3.39. The fourth-order valence-corrected chi connectivity index (χ4v) is 3.39. The average molecular weight is 395 g/mol. The predicted molar refractivity (Wildman–Crippen MR) is 107 cm³/mol. The van der Waals surface area contributed by atoms with E-state index < -0.39 is 23.8 Å². The monoisotopic (exact) mass is 395 g/mol. The summed E-state index contributed by atoms with van der Waals surface area (Å²) in [6.45, 7) is 5.24. The van der Waals surface area contributed by atoms with Gasteiger partial charge in [0.05, 0.1) is 17.5 Å². The van der Waals surface area contributed by atoms with Crippen LogP contribution in [0.1, 0.15) is 47.9 Å². The molecule has 2 aromatic carbocycles. The van der Waals surface area contributed by atoms with E-state index in [0.717, 1.165) is 0 Å². The molecular formula is C23H25NO5. The second-order valence-electron chi connectivity index (χ2n) is 7.69. The molecule has 152 valence electrons. The number of hydrogen-bond donors (Lipinski definition) is 0. The molecule has 6 heteroatoms. The van der Waals surface area contributed by atoms with Gasteiger partial charge in [-0.2, -0.15) is 0 Å². The van der Waals surface area contributed by atoms with Gasteiger partial charge < -0.3 is 14.4 Å². The quantitative estimate of drug-likeness (QED) is 0.530. The summed E-state index contributed by atoms with van der Waals surface area (Å²) in [4.78, 5) is 39.2. The summed E-state index contributed by atoms with van der Waals surface area (Å²) in [5, 5.41) is 0. The highest BCUT2D eigenvalue weighted by Gasteiger charge is 2.46. The van der Waals surface area contributed by atoms with Crippen molar-refractivity contribution in [3.63, 3.8) is 0 Å². The first-order chi connectivity index (χ1) is 13.8. The molecule has 0 unspecified atom stereocenters. The van der Waals surface area contributed by atoms with Crippen molar-refractivity contribution in [2.75, 3.05) is 6.61 Å². The highest BCUT2D eigenvalue weighted by Crippen LogP contribution is 2.30. The van der Waals surface area contributed by atoms with Crippen LogP contribution in [0.15, 0.2) is 60.7 Å². The molecule has 0 aromatic heterocycles. The summed E-state index contributed by atoms with van der Waals surface area (Å²) in [6, 6.07) is 17.6. The Balaban J connectivity index is 1.71. The number of carbonyl (C=O) groups excluding carboxylic acids is 3. The molecule has 1 heterocycles. The maximum absolute atomic E-state index is 12.7. The van der Waals surface area contributed by atoms with Gasteiger partial charge in [-0.05, 0) is 32.9 Å². The van der Waals surface area contributed by atoms with Crippen LogP contribution >= 0.6 is 0 Å². The summed E-state index contributed by atoms with van der Waals surface area (Å²) < 4.78 is 11.2. The van der Waals surface area contributed by atoms with Crippen LogP contribution < -0.4 is 0 Å². The molecule has 0 spiro atoms. The molecule has 0 aliphatic carbocycles. The van der Waals surface area contributed by atoms with Gasteiger partial charge in [0, 0.05) is 5.56 Å². The lowest BCUT2D eigenvalue weighted by atomic mass is 10.0. The standard InChI is InChI=1S/C23H25NO5/c1-16-21(26)24(20(29-16)14-19(25)17-10-6-4-7-11-17)23(2,3)15-28-22(27)18-12-8-5-9-13-18/h4-13,16,20H,14-15H2,1-3H3/t16-,20-/m1/s1. The van der Waals surface area contributed by atoms with Crippen LogP contribution in [0.4, 0.5) is 0 Å². The number of esters is 1. The van der Waals surface area contributed by atoms with E-state index in [4.69, 9.17) is 9.47 Å². The van der Waals surface area contributed by atoms with Gasteiger partial charge in [0.15, 0.2) is 5.78 Å². The lowest BCUT2D eigenvalue weighted by molar-refractivity contribution is -0.136. The maximum atomic E-state index is 12.7. The van der Waals surface area contributed by atoms with Gasteiger partial charge >= 0.3 is 5.97 Å². The molecule has 1 aliphatic rings. The van der Waals surface area contributed by atoms with E-state index >= 15 is 0 Å². The lowest BCUT2D eigenvalue weighted by Gasteiger charge is -2.37. The number of carbonyl (C=O) groups is 3. The SMILES string of the molecule is C[C@H]1O[C@H](CC(=O)c2ccccc2)N(C(C)(C)COC(=O)c2ccccc2)C1=O. The Morgan fingerprint density at radius 1 is 1.00 bits per heavy atom. The van der Waals surface area contributed by atoms with E-state index in [9.17, 15) is 14.4 Å². The van der Waals surface area contributed by atoms with Crippen molar-refractivity contribution in [2.45, 2.75) is 45.1 Å². The van der Waals surface area contributed by atoms with E-state index in [0.29, 0.717) is 11.1 Å². The molecule has 0 bridgehead atoms. The van der Waals surface area contributed by atoms with Crippen molar-refractivity contribution >= 4 is 17.7 Å². The molecule has 29 heavy (non-hydrogen) atoms. The summed E-state index contributed by atoms with van der Waals surface area (Å²) in [6.07, 6.45) is -1.33. The Morgan fingerprint density at radius 2 is 1.55 bits per heavy atom. The van der Waals surface area contributed by atoms with E-state index in [1.54, 1.807) is 69.3 Å². The highest BCUT2D eigenvalue weighted by molar-refractivity contribution is 5.97. The molecule has 0 saturated carbocycles. The average Bonchev–Trinajstić information content (AvgIpc) is 3.01. The summed E-state index contributed by atoms with van der Waals surface area (Å²) in [7, 11) is 0. The summed E-state index contributed by atoms with van der Waals surface area (Å²) in [5.74, 6) is -0.799. The molecular weight excluding hydrogens is 370 g/mol. The third-order valence-electron chi connectivity index (χ3n) is 4.91. The Hall–Kier alpha value is -2.99. The molecule has 2 aromatic rings. The van der Waals surface area contributed by atoms with Crippen LogP contribution in [0.2, 0.25) is 0 Å². The van der Waals surface area contributed by atoms with Crippen LogP contribution in [0.5, 0.6) is 0 Å². The van der Waals surface area contributed by atoms with Crippen molar-refractivity contribution in [1.29, 1.82) is 0 Å². The van der Waals surface area contributed by atoms with E-state index in [-0.39, 0.29) is 24.7 Å². The normalized spacial score (nSPS) is 19.3. The number of benzene rings is 2. The smallest absolute Gasteiger partial charge is 0.338 e. The highest BCUT2D eigenvalue weighted by atomic mass is 16.5. The zero-order valence-corrected chi connectivity index (χ0v) is 16.8. The van der Waals surface area contributed by atoms with Crippen LogP contribution in [0.25, 0.3) is 0 Å². The summed E-state index contributed by atoms with van der Waals surface area (Å²) >= 11 is 0. The molecule has 1 saturated heterocycles.